The van der Waals surface area contributed by atoms with E-state index in [9.17, 15) is 4.79 Å². The van der Waals surface area contributed by atoms with E-state index in [0.29, 0.717) is 10.5 Å². The highest BCUT2D eigenvalue weighted by molar-refractivity contribution is 6.17. The summed E-state index contributed by atoms with van der Waals surface area (Å²) in [5.74, 6) is 4.57. The molecule has 5 heteroatoms. The third kappa shape index (κ3) is 1.78. The highest BCUT2D eigenvalue weighted by atomic mass is 16.2. The number of hydrazine groups is 1. The number of carbonyl (C=O) groups excluding carboxylic acids is 1. The van der Waals surface area contributed by atoms with Gasteiger partial charge in [0.2, 0.25) is 0 Å². The molecule has 54 valence electrons. The van der Waals surface area contributed by atoms with E-state index in [2.05, 4.69) is 4.98 Å². The Labute approximate surface area is 65.4 Å². The molecule has 0 aliphatic rings. The van der Waals surface area contributed by atoms with Crippen molar-refractivity contribution in [2.75, 3.05) is 0 Å². The SMILES string of the molecule is [B]N(N)C(=O)c1ccncc1. The van der Waals surface area contributed by atoms with Gasteiger partial charge in [-0.15, -0.1) is 0 Å². The minimum absolute atomic E-state index is 0.421. The first-order valence-corrected chi connectivity index (χ1v) is 2.95. The lowest BCUT2D eigenvalue weighted by Gasteiger charge is -2.09. The van der Waals surface area contributed by atoms with Crippen LogP contribution < -0.4 is 5.84 Å². The Morgan fingerprint density at radius 3 is 2.55 bits per heavy atom. The van der Waals surface area contributed by atoms with E-state index in [4.69, 9.17) is 13.8 Å². The van der Waals surface area contributed by atoms with Crippen LogP contribution in [0.4, 0.5) is 0 Å². The lowest BCUT2D eigenvalue weighted by atomic mass is 10.2. The van der Waals surface area contributed by atoms with Crippen LogP contribution in [-0.4, -0.2) is 23.8 Å². The average molecular weight is 147 g/mol. The topological polar surface area (TPSA) is 59.2 Å². The summed E-state index contributed by atoms with van der Waals surface area (Å²) in [4.78, 5) is 15.3. The van der Waals surface area contributed by atoms with Crippen LogP contribution in [0.15, 0.2) is 24.5 Å². The molecule has 0 atom stereocenters. The molecule has 1 heterocycles. The smallest absolute Gasteiger partial charge is 0.257 e. The Kier molecular flexibility index (Phi) is 2.23. The fourth-order valence-corrected chi connectivity index (χ4v) is 0.644. The van der Waals surface area contributed by atoms with Gasteiger partial charge >= 0.3 is 0 Å². The van der Waals surface area contributed by atoms with E-state index in [1.54, 1.807) is 0 Å². The molecule has 0 unspecified atom stereocenters. The molecule has 0 bridgehead atoms. The number of nitrogens with zero attached hydrogens (tertiary/aromatic N) is 2. The fourth-order valence-electron chi connectivity index (χ4n) is 0.644. The molecule has 1 amide bonds. The molecule has 0 saturated carbocycles. The van der Waals surface area contributed by atoms with Crippen molar-refractivity contribution in [3.63, 3.8) is 0 Å². The van der Waals surface area contributed by atoms with Gasteiger partial charge in [0.15, 0.2) is 0 Å². The van der Waals surface area contributed by atoms with Gasteiger partial charge in [-0.05, 0) is 12.1 Å². The van der Waals surface area contributed by atoms with Crippen LogP contribution in [-0.2, 0) is 0 Å². The van der Waals surface area contributed by atoms with Gasteiger partial charge in [0.05, 0.1) is 0 Å². The van der Waals surface area contributed by atoms with Gasteiger partial charge in [-0.3, -0.25) is 15.6 Å². The van der Waals surface area contributed by atoms with E-state index in [-0.39, 0.29) is 0 Å². The largest absolute Gasteiger partial charge is 0.336 e. The fraction of sp³-hybridized carbons (Fsp3) is 0. The van der Waals surface area contributed by atoms with Gasteiger partial charge in [-0.2, -0.15) is 0 Å². The standard InChI is InChI=1S/C6H6BN3O/c7-10(8)6(11)5-1-3-9-4-2-5/h1-4H,8H2. The first-order chi connectivity index (χ1) is 5.22. The lowest BCUT2D eigenvalue weighted by molar-refractivity contribution is 0.0862. The van der Waals surface area contributed by atoms with Crippen molar-refractivity contribution >= 4 is 13.9 Å². The molecule has 0 spiro atoms. The number of hydrogen-bond donors (Lipinski definition) is 1. The number of rotatable bonds is 1. The molecular weight excluding hydrogens is 141 g/mol. The Balaban J connectivity index is 2.86. The van der Waals surface area contributed by atoms with E-state index in [1.165, 1.54) is 24.5 Å². The summed E-state index contributed by atoms with van der Waals surface area (Å²) in [6, 6.07) is 3.07. The molecule has 4 nitrogen and oxygen atoms in total. The van der Waals surface area contributed by atoms with Crippen molar-refractivity contribution in [2.45, 2.75) is 0 Å². The second-order valence-corrected chi connectivity index (χ2v) is 1.95. The van der Waals surface area contributed by atoms with Gasteiger partial charge in [-0.1, -0.05) is 0 Å². The average Bonchev–Trinajstić information content (AvgIpc) is 2.05. The van der Waals surface area contributed by atoms with E-state index < -0.39 is 5.91 Å². The summed E-state index contributed by atoms with van der Waals surface area (Å²) < 4.78 is 0. The third-order valence-electron chi connectivity index (χ3n) is 1.16. The van der Waals surface area contributed by atoms with Crippen molar-refractivity contribution in [1.82, 2.24) is 9.90 Å². The minimum Gasteiger partial charge on any atom is -0.336 e. The van der Waals surface area contributed by atoms with Gasteiger partial charge in [0.25, 0.3) is 13.9 Å². The molecule has 2 N–H and O–H groups in total. The number of aromatic nitrogens is 1. The van der Waals surface area contributed by atoms with E-state index in [1.807, 2.05) is 0 Å². The monoisotopic (exact) mass is 147 g/mol. The van der Waals surface area contributed by atoms with Crippen LogP contribution in [0.2, 0.25) is 0 Å². The Morgan fingerprint density at radius 1 is 1.55 bits per heavy atom. The zero-order chi connectivity index (χ0) is 8.27. The molecule has 0 aromatic carbocycles. The van der Waals surface area contributed by atoms with Crippen molar-refractivity contribution in [1.29, 1.82) is 0 Å². The van der Waals surface area contributed by atoms with Gasteiger partial charge in [-0.25, -0.2) is 0 Å². The lowest BCUT2D eigenvalue weighted by Crippen LogP contribution is -2.34. The number of amides is 1. The highest BCUT2D eigenvalue weighted by Crippen LogP contribution is 1.97. The summed E-state index contributed by atoms with van der Waals surface area (Å²) in [6.45, 7) is 0. The summed E-state index contributed by atoms with van der Waals surface area (Å²) in [6.07, 6.45) is 2.99. The molecule has 2 radical (unpaired) electrons. The molecule has 1 aromatic heterocycles. The quantitative estimate of drug-likeness (QED) is 0.251. The molecule has 0 saturated heterocycles. The molecule has 0 aliphatic heterocycles. The molecular formula is C6H6BN3O. The van der Waals surface area contributed by atoms with Crippen molar-refractivity contribution in [2.24, 2.45) is 5.84 Å². The normalized spacial score (nSPS) is 9.18. The highest BCUT2D eigenvalue weighted by Gasteiger charge is 2.05. The van der Waals surface area contributed by atoms with Crippen LogP contribution in [0.3, 0.4) is 0 Å². The number of hydrogen-bond acceptors (Lipinski definition) is 3. The second kappa shape index (κ2) is 3.16. The first-order valence-electron chi connectivity index (χ1n) is 2.95. The van der Waals surface area contributed by atoms with Crippen LogP contribution in [0, 0.1) is 0 Å². The Morgan fingerprint density at radius 2 is 2.09 bits per heavy atom. The molecule has 0 fully saturated rings. The van der Waals surface area contributed by atoms with Crippen LogP contribution in [0.1, 0.15) is 10.4 Å². The number of pyridine rings is 1. The maximum absolute atomic E-state index is 11.0. The third-order valence-corrected chi connectivity index (χ3v) is 1.16. The minimum atomic E-state index is -0.438. The predicted molar refractivity (Wildman–Crippen MR) is 40.3 cm³/mol. The molecule has 11 heavy (non-hydrogen) atoms. The number of carbonyl (C=O) groups is 1. The van der Waals surface area contributed by atoms with Gasteiger partial charge in [0.1, 0.15) is 0 Å². The van der Waals surface area contributed by atoms with Crippen molar-refractivity contribution < 1.29 is 4.79 Å². The van der Waals surface area contributed by atoms with E-state index in [0.717, 1.165) is 0 Å². The predicted octanol–water partition coefficient (Wildman–Crippen LogP) is -0.519. The summed E-state index contributed by atoms with van der Waals surface area (Å²) in [5, 5.41) is 0. The maximum atomic E-state index is 11.0. The number of nitrogens with two attached hydrogens (primary N) is 1. The van der Waals surface area contributed by atoms with Gasteiger partial charge < -0.3 is 4.92 Å². The van der Waals surface area contributed by atoms with Crippen molar-refractivity contribution in [3.8, 4) is 0 Å². The van der Waals surface area contributed by atoms with Crippen LogP contribution >= 0.6 is 0 Å². The summed E-state index contributed by atoms with van der Waals surface area (Å²) >= 11 is 0. The summed E-state index contributed by atoms with van der Waals surface area (Å²) in [7, 11) is 5.01. The first kappa shape index (κ1) is 7.75. The van der Waals surface area contributed by atoms with Crippen LogP contribution in [0.5, 0.6) is 0 Å². The Hall–Kier alpha value is -1.36. The van der Waals surface area contributed by atoms with Gasteiger partial charge in [0, 0.05) is 18.0 Å². The summed E-state index contributed by atoms with van der Waals surface area (Å²) in [5.41, 5.74) is 0.421. The molecule has 0 aliphatic carbocycles. The zero-order valence-electron chi connectivity index (χ0n) is 5.77. The Bertz CT molecular complexity index is 249. The second-order valence-electron chi connectivity index (χ2n) is 1.95. The van der Waals surface area contributed by atoms with Crippen molar-refractivity contribution in [3.05, 3.63) is 30.1 Å². The van der Waals surface area contributed by atoms with E-state index >= 15 is 0 Å². The molecule has 1 rings (SSSR count). The molecule has 1 aromatic rings. The zero-order valence-corrected chi connectivity index (χ0v) is 5.77. The van der Waals surface area contributed by atoms with Crippen LogP contribution in [0.25, 0.3) is 0 Å². The maximum Gasteiger partial charge on any atom is 0.257 e.